The van der Waals surface area contributed by atoms with E-state index in [-0.39, 0.29) is 11.8 Å². The van der Waals surface area contributed by atoms with Crippen LogP contribution in [0.3, 0.4) is 0 Å². The lowest BCUT2D eigenvalue weighted by Crippen LogP contribution is -2.47. The third-order valence-corrected chi connectivity index (χ3v) is 5.80. The maximum absolute atomic E-state index is 12.9. The molecule has 136 valence electrons. The topological polar surface area (TPSA) is 40.6 Å². The van der Waals surface area contributed by atoms with Crippen LogP contribution in [0.5, 0.6) is 0 Å². The van der Waals surface area contributed by atoms with Crippen molar-refractivity contribution in [2.45, 2.75) is 45.4 Å². The summed E-state index contributed by atoms with van der Waals surface area (Å²) in [7, 11) is 0. The van der Waals surface area contributed by atoms with Crippen molar-refractivity contribution in [2.24, 2.45) is 11.8 Å². The number of likely N-dealkylation sites (tertiary alicyclic amines) is 2. The minimum atomic E-state index is 0.114. The van der Waals surface area contributed by atoms with E-state index in [1.54, 1.807) is 6.92 Å². The van der Waals surface area contributed by atoms with Crippen LogP contribution in [0.2, 0.25) is 0 Å². The quantitative estimate of drug-likeness (QED) is 0.843. The van der Waals surface area contributed by atoms with Gasteiger partial charge in [0.25, 0.3) is 0 Å². The first-order valence-corrected chi connectivity index (χ1v) is 9.71. The average Bonchev–Trinajstić information content (AvgIpc) is 2.67. The second kappa shape index (κ2) is 8.50. The molecule has 0 bridgehead atoms. The Labute approximate surface area is 151 Å². The van der Waals surface area contributed by atoms with Crippen LogP contribution in [0.4, 0.5) is 0 Å². The first-order valence-electron chi connectivity index (χ1n) is 9.71. The Morgan fingerprint density at radius 3 is 2.40 bits per heavy atom. The number of carbonyl (C=O) groups is 2. The summed E-state index contributed by atoms with van der Waals surface area (Å²) in [5.74, 6) is 1.19. The zero-order chi connectivity index (χ0) is 17.6. The predicted molar refractivity (Wildman–Crippen MR) is 99.0 cm³/mol. The standard InChI is InChI=1S/C21H30N2O2/c1-17(24)22-14-11-20(12-15-22)21(25)23-13-5-8-19(16-23)10-9-18-6-3-2-4-7-18/h2-4,6-7,19-20H,5,8-16H2,1H3/t19-/m0/s1. The van der Waals surface area contributed by atoms with E-state index in [2.05, 4.69) is 35.2 Å². The van der Waals surface area contributed by atoms with E-state index in [0.717, 1.165) is 58.3 Å². The molecule has 2 aliphatic heterocycles. The summed E-state index contributed by atoms with van der Waals surface area (Å²) in [6.45, 7) is 4.91. The Bertz CT molecular complexity index is 579. The summed E-state index contributed by atoms with van der Waals surface area (Å²) in [6.07, 6.45) is 6.27. The van der Waals surface area contributed by atoms with Gasteiger partial charge in [0.05, 0.1) is 0 Å². The molecular formula is C21H30N2O2. The second-order valence-corrected chi connectivity index (χ2v) is 7.60. The first-order chi connectivity index (χ1) is 12.1. The van der Waals surface area contributed by atoms with Crippen LogP contribution < -0.4 is 0 Å². The molecule has 4 nitrogen and oxygen atoms in total. The van der Waals surface area contributed by atoms with E-state index in [1.807, 2.05) is 4.90 Å². The van der Waals surface area contributed by atoms with E-state index >= 15 is 0 Å². The lowest BCUT2D eigenvalue weighted by atomic mass is 9.89. The van der Waals surface area contributed by atoms with Gasteiger partial charge in [0.2, 0.25) is 11.8 Å². The lowest BCUT2D eigenvalue weighted by molar-refractivity contribution is -0.141. The molecule has 2 heterocycles. The Morgan fingerprint density at radius 2 is 1.72 bits per heavy atom. The molecule has 0 aliphatic carbocycles. The molecule has 2 aliphatic rings. The molecule has 3 rings (SSSR count). The lowest BCUT2D eigenvalue weighted by Gasteiger charge is -2.37. The highest BCUT2D eigenvalue weighted by molar-refractivity contribution is 5.79. The van der Waals surface area contributed by atoms with Crippen molar-refractivity contribution >= 4 is 11.8 Å². The average molecular weight is 342 g/mol. The normalized spacial score (nSPS) is 22.0. The summed E-state index contributed by atoms with van der Waals surface area (Å²) in [5.41, 5.74) is 1.39. The van der Waals surface area contributed by atoms with Gasteiger partial charge in [-0.25, -0.2) is 0 Å². The summed E-state index contributed by atoms with van der Waals surface area (Å²) in [5, 5.41) is 0. The highest BCUT2D eigenvalue weighted by atomic mass is 16.2. The Hall–Kier alpha value is -1.84. The molecule has 2 amide bonds. The van der Waals surface area contributed by atoms with Gasteiger partial charge in [0.15, 0.2) is 0 Å². The van der Waals surface area contributed by atoms with Crippen LogP contribution in [0.1, 0.15) is 44.6 Å². The Morgan fingerprint density at radius 1 is 1.00 bits per heavy atom. The van der Waals surface area contributed by atoms with Gasteiger partial charge in [-0.2, -0.15) is 0 Å². The third kappa shape index (κ3) is 4.83. The minimum Gasteiger partial charge on any atom is -0.343 e. The summed E-state index contributed by atoms with van der Waals surface area (Å²) in [4.78, 5) is 28.3. The van der Waals surface area contributed by atoms with Crippen LogP contribution >= 0.6 is 0 Å². The molecule has 0 N–H and O–H groups in total. The fraction of sp³-hybridized carbons (Fsp3) is 0.619. The number of aryl methyl sites for hydroxylation is 1. The molecule has 1 atom stereocenters. The fourth-order valence-electron chi connectivity index (χ4n) is 4.22. The molecule has 0 saturated carbocycles. The van der Waals surface area contributed by atoms with E-state index in [1.165, 1.54) is 12.0 Å². The smallest absolute Gasteiger partial charge is 0.225 e. The van der Waals surface area contributed by atoms with Gasteiger partial charge in [-0.05, 0) is 50.0 Å². The van der Waals surface area contributed by atoms with Gasteiger partial charge in [-0.15, -0.1) is 0 Å². The van der Waals surface area contributed by atoms with Crippen molar-refractivity contribution in [1.82, 2.24) is 9.80 Å². The van der Waals surface area contributed by atoms with E-state index < -0.39 is 0 Å². The highest BCUT2D eigenvalue weighted by Gasteiger charge is 2.31. The van der Waals surface area contributed by atoms with Crippen LogP contribution in [-0.2, 0) is 16.0 Å². The van der Waals surface area contributed by atoms with Crippen molar-refractivity contribution < 1.29 is 9.59 Å². The highest BCUT2D eigenvalue weighted by Crippen LogP contribution is 2.26. The first kappa shape index (κ1) is 18.0. The third-order valence-electron chi connectivity index (χ3n) is 5.80. The molecule has 0 aromatic heterocycles. The number of nitrogens with zero attached hydrogens (tertiary/aromatic N) is 2. The molecular weight excluding hydrogens is 312 g/mol. The largest absolute Gasteiger partial charge is 0.343 e. The Balaban J connectivity index is 1.47. The molecule has 25 heavy (non-hydrogen) atoms. The van der Waals surface area contributed by atoms with Crippen molar-refractivity contribution in [3.63, 3.8) is 0 Å². The van der Waals surface area contributed by atoms with E-state index in [0.29, 0.717) is 11.8 Å². The minimum absolute atomic E-state index is 0.114. The van der Waals surface area contributed by atoms with Gasteiger partial charge < -0.3 is 9.80 Å². The number of hydrogen-bond acceptors (Lipinski definition) is 2. The number of amides is 2. The number of carbonyl (C=O) groups excluding carboxylic acids is 2. The van der Waals surface area contributed by atoms with Gasteiger partial charge >= 0.3 is 0 Å². The molecule has 1 aromatic carbocycles. The maximum atomic E-state index is 12.9. The van der Waals surface area contributed by atoms with Gasteiger partial charge in [0.1, 0.15) is 0 Å². The Kier molecular flexibility index (Phi) is 6.11. The zero-order valence-electron chi connectivity index (χ0n) is 15.3. The summed E-state index contributed by atoms with van der Waals surface area (Å²) < 4.78 is 0. The van der Waals surface area contributed by atoms with E-state index in [4.69, 9.17) is 0 Å². The second-order valence-electron chi connectivity index (χ2n) is 7.60. The van der Waals surface area contributed by atoms with Gasteiger partial charge in [0, 0.05) is 39.0 Å². The van der Waals surface area contributed by atoms with Crippen LogP contribution in [0.15, 0.2) is 30.3 Å². The molecule has 0 unspecified atom stereocenters. The van der Waals surface area contributed by atoms with Gasteiger partial charge in [-0.1, -0.05) is 30.3 Å². The molecule has 0 radical (unpaired) electrons. The van der Waals surface area contributed by atoms with E-state index in [9.17, 15) is 9.59 Å². The van der Waals surface area contributed by atoms with Gasteiger partial charge in [-0.3, -0.25) is 9.59 Å². The summed E-state index contributed by atoms with van der Waals surface area (Å²) in [6, 6.07) is 10.6. The van der Waals surface area contributed by atoms with Crippen molar-refractivity contribution in [3.05, 3.63) is 35.9 Å². The number of benzene rings is 1. The molecule has 4 heteroatoms. The molecule has 2 fully saturated rings. The van der Waals surface area contributed by atoms with Crippen LogP contribution in [0, 0.1) is 11.8 Å². The van der Waals surface area contributed by atoms with Crippen LogP contribution in [-0.4, -0.2) is 47.8 Å². The van der Waals surface area contributed by atoms with Crippen molar-refractivity contribution in [1.29, 1.82) is 0 Å². The molecule has 0 spiro atoms. The molecule has 2 saturated heterocycles. The molecule has 1 aromatic rings. The predicted octanol–water partition coefficient (Wildman–Crippen LogP) is 3.12. The monoisotopic (exact) mass is 342 g/mol. The SMILES string of the molecule is CC(=O)N1CCC(C(=O)N2CCC[C@@H](CCc3ccccc3)C2)CC1. The summed E-state index contributed by atoms with van der Waals surface area (Å²) >= 11 is 0. The van der Waals surface area contributed by atoms with Crippen molar-refractivity contribution in [3.8, 4) is 0 Å². The zero-order valence-corrected chi connectivity index (χ0v) is 15.3. The van der Waals surface area contributed by atoms with Crippen LogP contribution in [0.25, 0.3) is 0 Å². The number of hydrogen-bond donors (Lipinski definition) is 0. The maximum Gasteiger partial charge on any atom is 0.225 e. The fourth-order valence-corrected chi connectivity index (χ4v) is 4.22. The number of piperidine rings is 2. The van der Waals surface area contributed by atoms with Crippen molar-refractivity contribution in [2.75, 3.05) is 26.2 Å². The number of rotatable bonds is 4.